The van der Waals surface area contributed by atoms with Crippen LogP contribution in [0, 0.1) is 22.0 Å². The van der Waals surface area contributed by atoms with Gasteiger partial charge in [-0.1, -0.05) is 24.8 Å². The van der Waals surface area contributed by atoms with Crippen molar-refractivity contribution in [3.05, 3.63) is 57.8 Å². The van der Waals surface area contributed by atoms with Crippen molar-refractivity contribution in [2.45, 2.75) is 24.3 Å². The number of methoxy groups -OCH3 is 1. The maximum Gasteiger partial charge on any atom is 0.316 e. The van der Waals surface area contributed by atoms with Gasteiger partial charge in [0.2, 0.25) is 0 Å². The van der Waals surface area contributed by atoms with Gasteiger partial charge in [0.15, 0.2) is 5.78 Å². The summed E-state index contributed by atoms with van der Waals surface area (Å²) in [7, 11) is 1.26. The number of nitro groups is 1. The van der Waals surface area contributed by atoms with E-state index in [0.717, 1.165) is 5.57 Å². The number of hydrogen-bond acceptors (Lipinski definition) is 6. The van der Waals surface area contributed by atoms with E-state index in [9.17, 15) is 19.7 Å². The molecule has 2 aliphatic heterocycles. The molecule has 0 aromatic heterocycles. The van der Waals surface area contributed by atoms with Crippen molar-refractivity contribution >= 4 is 17.4 Å². The lowest BCUT2D eigenvalue weighted by Crippen LogP contribution is -2.61. The van der Waals surface area contributed by atoms with Gasteiger partial charge in [0, 0.05) is 36.7 Å². The van der Waals surface area contributed by atoms with E-state index in [1.165, 1.54) is 13.2 Å². The monoisotopic (exact) mass is 368 g/mol. The van der Waals surface area contributed by atoms with Crippen molar-refractivity contribution in [1.82, 2.24) is 4.90 Å². The molecule has 0 N–H and O–H groups in total. The third-order valence-electron chi connectivity index (χ3n) is 6.49. The zero-order chi connectivity index (χ0) is 19.3. The Bertz CT molecular complexity index is 903. The number of rotatable bonds is 3. The number of Topliss-reactive ketones (excluding diaryl/α,β-unsaturated/α-hetero) is 1. The van der Waals surface area contributed by atoms with E-state index in [2.05, 4.69) is 17.2 Å². The van der Waals surface area contributed by atoms with Crippen LogP contribution in [0.3, 0.4) is 0 Å². The third kappa shape index (κ3) is 2.25. The van der Waals surface area contributed by atoms with Crippen LogP contribution < -0.4 is 0 Å². The largest absolute Gasteiger partial charge is 0.468 e. The number of nitrogens with zero attached hydrogens (tertiary/aromatic N) is 2. The maximum absolute atomic E-state index is 13.7. The molecule has 0 spiro atoms. The minimum Gasteiger partial charge on any atom is -0.468 e. The molecule has 140 valence electrons. The van der Waals surface area contributed by atoms with Crippen LogP contribution in [0.5, 0.6) is 0 Å². The zero-order valence-corrected chi connectivity index (χ0v) is 15.0. The van der Waals surface area contributed by atoms with Crippen molar-refractivity contribution in [2.24, 2.45) is 11.8 Å². The number of nitro benzene ring substituents is 1. The Hall–Kier alpha value is -2.76. The molecular formula is C20H20N2O5. The molecule has 2 saturated heterocycles. The second-order valence-electron chi connectivity index (χ2n) is 7.39. The summed E-state index contributed by atoms with van der Waals surface area (Å²) in [6.45, 7) is 4.93. The SMILES string of the molecule is C=C=C1CN2CC[C@]3(c4ccccc4[N+](=O)[O-])C(=O)C(C(=O)OC)[C@H]1C[C@H]23. The number of para-hydroxylation sites is 1. The molecule has 0 radical (unpaired) electrons. The van der Waals surface area contributed by atoms with Crippen molar-refractivity contribution < 1.29 is 19.2 Å². The Labute approximate surface area is 156 Å². The fourth-order valence-electron chi connectivity index (χ4n) is 5.34. The van der Waals surface area contributed by atoms with Crippen molar-refractivity contribution in [3.8, 4) is 0 Å². The van der Waals surface area contributed by atoms with Crippen LogP contribution in [0.15, 0.2) is 42.1 Å². The summed E-state index contributed by atoms with van der Waals surface area (Å²) in [5.41, 5.74) is 3.03. The van der Waals surface area contributed by atoms with Crippen molar-refractivity contribution in [1.29, 1.82) is 0 Å². The highest BCUT2D eigenvalue weighted by Crippen LogP contribution is 2.56. The van der Waals surface area contributed by atoms with Gasteiger partial charge < -0.3 is 4.74 Å². The van der Waals surface area contributed by atoms with Crippen LogP contribution in [0.2, 0.25) is 0 Å². The van der Waals surface area contributed by atoms with Gasteiger partial charge in [-0.25, -0.2) is 0 Å². The molecule has 4 rings (SSSR count). The number of carbonyl (C=O) groups is 2. The summed E-state index contributed by atoms with van der Waals surface area (Å²) in [5, 5.41) is 11.7. The van der Waals surface area contributed by atoms with Crippen molar-refractivity contribution in [3.63, 3.8) is 0 Å². The van der Waals surface area contributed by atoms with E-state index >= 15 is 0 Å². The number of hydrogen-bond donors (Lipinski definition) is 0. The molecule has 3 aliphatic rings. The topological polar surface area (TPSA) is 89.8 Å². The third-order valence-corrected chi connectivity index (χ3v) is 6.49. The van der Waals surface area contributed by atoms with Gasteiger partial charge in [0.05, 0.1) is 17.4 Å². The second kappa shape index (κ2) is 6.15. The zero-order valence-electron chi connectivity index (χ0n) is 15.0. The molecular weight excluding hydrogens is 348 g/mol. The fraction of sp³-hybridized carbons (Fsp3) is 0.450. The van der Waals surface area contributed by atoms with Gasteiger partial charge >= 0.3 is 5.97 Å². The second-order valence-corrected chi connectivity index (χ2v) is 7.39. The molecule has 3 fully saturated rings. The quantitative estimate of drug-likeness (QED) is 0.267. The number of carbonyl (C=O) groups excluding carboxylic acids is 2. The molecule has 1 aliphatic carbocycles. The number of esters is 1. The molecule has 2 heterocycles. The van der Waals surface area contributed by atoms with E-state index in [1.807, 2.05) is 0 Å². The molecule has 7 heteroatoms. The van der Waals surface area contributed by atoms with Crippen molar-refractivity contribution in [2.75, 3.05) is 20.2 Å². The Morgan fingerprint density at radius 1 is 1.44 bits per heavy atom. The first-order valence-corrected chi connectivity index (χ1v) is 8.94. The maximum atomic E-state index is 13.7. The van der Waals surface area contributed by atoms with Crippen LogP contribution >= 0.6 is 0 Å². The number of ether oxygens (including phenoxy) is 1. The van der Waals surface area contributed by atoms with Crippen LogP contribution in [0.4, 0.5) is 5.69 Å². The summed E-state index contributed by atoms with van der Waals surface area (Å²) in [6.07, 6.45) is 1.02. The minimum atomic E-state index is -1.06. The number of fused-ring (bicyclic) bond motifs is 1. The molecule has 7 nitrogen and oxygen atoms in total. The molecule has 1 aromatic rings. The summed E-state index contributed by atoms with van der Waals surface area (Å²) in [4.78, 5) is 39.7. The first kappa shape index (κ1) is 17.6. The molecule has 1 unspecified atom stereocenters. The van der Waals surface area contributed by atoms with Gasteiger partial charge in [-0.2, -0.15) is 0 Å². The first-order chi connectivity index (χ1) is 13.0. The van der Waals surface area contributed by atoms with E-state index < -0.39 is 22.2 Å². The Balaban J connectivity index is 1.94. The highest BCUT2D eigenvalue weighted by molar-refractivity contribution is 6.07. The van der Waals surface area contributed by atoms with E-state index in [4.69, 9.17) is 4.74 Å². The minimum absolute atomic E-state index is 0.0696. The molecule has 1 aromatic carbocycles. The van der Waals surface area contributed by atoms with Crippen LogP contribution in [-0.2, 0) is 19.7 Å². The lowest BCUT2D eigenvalue weighted by atomic mass is 9.56. The molecule has 27 heavy (non-hydrogen) atoms. The average molecular weight is 368 g/mol. The number of ketones is 1. The van der Waals surface area contributed by atoms with E-state index in [0.29, 0.717) is 31.5 Å². The van der Waals surface area contributed by atoms with Crippen LogP contribution in [0.25, 0.3) is 0 Å². The lowest BCUT2D eigenvalue weighted by molar-refractivity contribution is -0.386. The highest BCUT2D eigenvalue weighted by atomic mass is 16.6. The summed E-state index contributed by atoms with van der Waals surface area (Å²) in [5.74, 6) is -2.15. The van der Waals surface area contributed by atoms with Crippen LogP contribution in [0.1, 0.15) is 18.4 Å². The predicted octanol–water partition coefficient (Wildman–Crippen LogP) is 2.01. The number of benzene rings is 1. The molecule has 4 atom stereocenters. The smallest absolute Gasteiger partial charge is 0.316 e. The molecule has 2 bridgehead atoms. The highest BCUT2D eigenvalue weighted by Gasteiger charge is 2.65. The average Bonchev–Trinajstić information content (AvgIpc) is 3.08. The summed E-state index contributed by atoms with van der Waals surface area (Å²) >= 11 is 0. The number of piperidine rings is 1. The molecule has 0 amide bonds. The predicted molar refractivity (Wildman–Crippen MR) is 96.0 cm³/mol. The molecule has 1 saturated carbocycles. The Morgan fingerprint density at radius 2 is 2.19 bits per heavy atom. The van der Waals surface area contributed by atoms with Crippen LogP contribution in [-0.4, -0.2) is 47.8 Å². The van der Waals surface area contributed by atoms with Gasteiger partial charge in [0.25, 0.3) is 5.69 Å². The first-order valence-electron chi connectivity index (χ1n) is 8.94. The van der Waals surface area contributed by atoms with Gasteiger partial charge in [-0.15, -0.1) is 5.73 Å². The Kier molecular flexibility index (Phi) is 4.02. The summed E-state index contributed by atoms with van der Waals surface area (Å²) in [6, 6.07) is 6.22. The van der Waals surface area contributed by atoms with Gasteiger partial charge in [-0.3, -0.25) is 24.6 Å². The normalized spacial score (nSPS) is 32.1. The van der Waals surface area contributed by atoms with E-state index in [1.54, 1.807) is 18.2 Å². The standard InChI is InChI=1S/C20H20N2O5/c1-3-12-11-21-9-8-20(14-6-4-5-7-15(14)22(25)26)16(21)10-13(12)17(18(20)23)19(24)27-2/h4-7,13,16-17H,1,8-11H2,2H3/t13-,16-,17?,20+/m0/s1. The fourth-order valence-corrected chi connectivity index (χ4v) is 5.34. The van der Waals surface area contributed by atoms with Gasteiger partial charge in [-0.05, 0) is 18.4 Å². The lowest BCUT2D eigenvalue weighted by Gasteiger charge is -2.50. The van der Waals surface area contributed by atoms with E-state index in [-0.39, 0.29) is 23.4 Å². The Morgan fingerprint density at radius 3 is 2.85 bits per heavy atom. The summed E-state index contributed by atoms with van der Waals surface area (Å²) < 4.78 is 4.94. The van der Waals surface area contributed by atoms with Gasteiger partial charge in [0.1, 0.15) is 5.92 Å².